The van der Waals surface area contributed by atoms with E-state index < -0.39 is 0 Å². The van der Waals surface area contributed by atoms with Crippen molar-refractivity contribution in [3.05, 3.63) is 36.2 Å². The number of nitrogens with zero attached hydrogens (tertiary/aromatic N) is 3. The predicted octanol–water partition coefficient (Wildman–Crippen LogP) is 2.04. The highest BCUT2D eigenvalue weighted by atomic mass is 16.5. The summed E-state index contributed by atoms with van der Waals surface area (Å²) in [5, 5.41) is 0. The summed E-state index contributed by atoms with van der Waals surface area (Å²) in [4.78, 5) is 7.47. The molecule has 5 nitrogen and oxygen atoms in total. The first-order chi connectivity index (χ1) is 12.2. The summed E-state index contributed by atoms with van der Waals surface area (Å²) in [7, 11) is 2.23. The van der Waals surface area contributed by atoms with Gasteiger partial charge in [0.05, 0.1) is 13.2 Å². The second-order valence-corrected chi connectivity index (χ2v) is 7.09. The normalized spacial score (nSPS) is 21.9. The van der Waals surface area contributed by atoms with Gasteiger partial charge in [-0.15, -0.1) is 0 Å². The number of nitrogens with two attached hydrogens (primary N) is 1. The summed E-state index contributed by atoms with van der Waals surface area (Å²) < 4.78 is 5.40. The van der Waals surface area contributed by atoms with Crippen molar-refractivity contribution in [3.63, 3.8) is 0 Å². The van der Waals surface area contributed by atoms with E-state index in [-0.39, 0.29) is 0 Å². The molecule has 2 aliphatic heterocycles. The van der Waals surface area contributed by atoms with Crippen LogP contribution in [-0.2, 0) is 4.74 Å². The van der Waals surface area contributed by atoms with Gasteiger partial charge in [0.2, 0.25) is 0 Å². The minimum Gasteiger partial charge on any atom is -0.399 e. The van der Waals surface area contributed by atoms with E-state index >= 15 is 0 Å². The van der Waals surface area contributed by atoms with Gasteiger partial charge in [0.1, 0.15) is 0 Å². The molecule has 0 aliphatic carbocycles. The predicted molar refractivity (Wildman–Crippen MR) is 105 cm³/mol. The highest BCUT2D eigenvalue weighted by molar-refractivity contribution is 5.24. The van der Waals surface area contributed by atoms with E-state index in [0.29, 0.717) is 0 Å². The van der Waals surface area contributed by atoms with E-state index in [9.17, 15) is 0 Å². The molecule has 0 bridgehead atoms. The van der Waals surface area contributed by atoms with Gasteiger partial charge < -0.3 is 20.3 Å². The van der Waals surface area contributed by atoms with Crippen molar-refractivity contribution in [2.45, 2.75) is 25.7 Å². The molecule has 2 fully saturated rings. The lowest BCUT2D eigenvalue weighted by atomic mass is 10.1. The Morgan fingerprint density at radius 1 is 1.20 bits per heavy atom. The Kier molecular flexibility index (Phi) is 9.08. The molecule has 2 saturated heterocycles. The third-order valence-corrected chi connectivity index (χ3v) is 5.03. The molecule has 0 aromatic heterocycles. The summed E-state index contributed by atoms with van der Waals surface area (Å²) in [6.07, 6.45) is 10.7. The molecule has 0 aromatic carbocycles. The van der Waals surface area contributed by atoms with Crippen molar-refractivity contribution < 1.29 is 4.74 Å². The summed E-state index contributed by atoms with van der Waals surface area (Å²) in [5.74, 6) is 0. The van der Waals surface area contributed by atoms with Crippen LogP contribution in [0.15, 0.2) is 36.2 Å². The maximum absolute atomic E-state index is 6.03. The summed E-state index contributed by atoms with van der Waals surface area (Å²) in [6, 6.07) is 0. The zero-order valence-electron chi connectivity index (χ0n) is 16.0. The van der Waals surface area contributed by atoms with Crippen molar-refractivity contribution in [1.82, 2.24) is 14.7 Å². The topological polar surface area (TPSA) is 45.0 Å². The van der Waals surface area contributed by atoms with Crippen molar-refractivity contribution in [3.8, 4) is 0 Å². The fourth-order valence-electron chi connectivity index (χ4n) is 3.50. The molecule has 0 atom stereocenters. The van der Waals surface area contributed by atoms with Gasteiger partial charge in [-0.3, -0.25) is 4.90 Å². The van der Waals surface area contributed by atoms with Gasteiger partial charge in [-0.25, -0.2) is 0 Å². The quantitative estimate of drug-likeness (QED) is 0.646. The van der Waals surface area contributed by atoms with Crippen LogP contribution in [-0.4, -0.2) is 80.8 Å². The SMILES string of the molecule is C=C/C=C(N)\C=C1/CCCCN1CCN(C)CCCN1CCOCC1. The van der Waals surface area contributed by atoms with Crippen LogP contribution < -0.4 is 5.73 Å². The first-order valence-corrected chi connectivity index (χ1v) is 9.71. The van der Waals surface area contributed by atoms with Crippen LogP contribution in [0.1, 0.15) is 25.7 Å². The molecule has 25 heavy (non-hydrogen) atoms. The lowest BCUT2D eigenvalue weighted by Gasteiger charge is -2.33. The summed E-state index contributed by atoms with van der Waals surface area (Å²) in [6.45, 7) is 13.4. The Morgan fingerprint density at radius 3 is 2.76 bits per heavy atom. The fourth-order valence-corrected chi connectivity index (χ4v) is 3.50. The maximum atomic E-state index is 6.03. The minimum atomic E-state index is 0.802. The Hall–Kier alpha value is -1.30. The monoisotopic (exact) mass is 348 g/mol. The van der Waals surface area contributed by atoms with Gasteiger partial charge in [-0.05, 0) is 58.0 Å². The molecule has 2 aliphatic rings. The Balaban J connectivity index is 1.70. The third-order valence-electron chi connectivity index (χ3n) is 5.03. The molecule has 2 N–H and O–H groups in total. The molecule has 0 spiro atoms. The van der Waals surface area contributed by atoms with Crippen LogP contribution in [0, 0.1) is 0 Å². The third kappa shape index (κ3) is 7.63. The number of rotatable bonds is 9. The van der Waals surface area contributed by atoms with Crippen LogP contribution in [0.2, 0.25) is 0 Å². The van der Waals surface area contributed by atoms with Crippen LogP contribution in [0.25, 0.3) is 0 Å². The molecule has 2 heterocycles. The van der Waals surface area contributed by atoms with E-state index in [0.717, 1.165) is 64.6 Å². The zero-order chi connectivity index (χ0) is 17.9. The molecule has 2 rings (SSSR count). The summed E-state index contributed by atoms with van der Waals surface area (Å²) in [5.41, 5.74) is 8.21. The van der Waals surface area contributed by atoms with Crippen molar-refractivity contribution in [2.24, 2.45) is 5.73 Å². The van der Waals surface area contributed by atoms with E-state index in [2.05, 4.69) is 34.4 Å². The molecular weight excluding hydrogens is 312 g/mol. The maximum Gasteiger partial charge on any atom is 0.0594 e. The number of hydrogen-bond donors (Lipinski definition) is 1. The van der Waals surface area contributed by atoms with E-state index in [1.807, 2.05) is 6.08 Å². The number of morpholine rings is 1. The first kappa shape index (κ1) is 20.0. The van der Waals surface area contributed by atoms with Gasteiger partial charge in [-0.1, -0.05) is 12.7 Å². The average Bonchev–Trinajstić information content (AvgIpc) is 2.62. The standard InChI is InChI=1S/C20H36N4O/c1-3-7-19(21)18-20-8-4-5-11-24(20)13-12-22(2)9-6-10-23-14-16-25-17-15-23/h3,7,18H,1,4-6,8-17,21H2,2H3/b19-7+,20-18+. The number of piperidine rings is 1. The molecule has 0 unspecified atom stereocenters. The minimum absolute atomic E-state index is 0.802. The van der Waals surface area contributed by atoms with Crippen LogP contribution in [0.5, 0.6) is 0 Å². The van der Waals surface area contributed by atoms with E-state index in [4.69, 9.17) is 10.5 Å². The van der Waals surface area contributed by atoms with Crippen molar-refractivity contribution in [1.29, 1.82) is 0 Å². The highest BCUT2D eigenvalue weighted by Gasteiger charge is 2.15. The smallest absolute Gasteiger partial charge is 0.0594 e. The Morgan fingerprint density at radius 2 is 2.00 bits per heavy atom. The van der Waals surface area contributed by atoms with E-state index in [1.54, 1.807) is 6.08 Å². The zero-order valence-corrected chi connectivity index (χ0v) is 16.0. The Bertz CT molecular complexity index is 455. The van der Waals surface area contributed by atoms with Crippen molar-refractivity contribution >= 4 is 0 Å². The lowest BCUT2D eigenvalue weighted by Crippen LogP contribution is -2.39. The van der Waals surface area contributed by atoms with Gasteiger partial charge in [0.15, 0.2) is 0 Å². The number of allylic oxidation sites excluding steroid dienone is 4. The molecule has 0 saturated carbocycles. The molecule has 5 heteroatoms. The molecule has 0 radical (unpaired) electrons. The molecule has 142 valence electrons. The lowest BCUT2D eigenvalue weighted by molar-refractivity contribution is 0.0363. The first-order valence-electron chi connectivity index (χ1n) is 9.71. The van der Waals surface area contributed by atoms with Crippen LogP contribution >= 0.6 is 0 Å². The summed E-state index contributed by atoms with van der Waals surface area (Å²) >= 11 is 0. The van der Waals surface area contributed by atoms with Gasteiger partial charge >= 0.3 is 0 Å². The van der Waals surface area contributed by atoms with Gasteiger partial charge in [0.25, 0.3) is 0 Å². The van der Waals surface area contributed by atoms with E-state index in [1.165, 1.54) is 31.5 Å². The van der Waals surface area contributed by atoms with Gasteiger partial charge in [-0.2, -0.15) is 0 Å². The number of hydrogen-bond acceptors (Lipinski definition) is 5. The average molecular weight is 349 g/mol. The largest absolute Gasteiger partial charge is 0.399 e. The van der Waals surface area contributed by atoms with Crippen LogP contribution in [0.3, 0.4) is 0 Å². The van der Waals surface area contributed by atoms with Crippen molar-refractivity contribution in [2.75, 3.05) is 66.1 Å². The highest BCUT2D eigenvalue weighted by Crippen LogP contribution is 2.21. The number of ether oxygens (including phenoxy) is 1. The van der Waals surface area contributed by atoms with Gasteiger partial charge in [0, 0.05) is 44.1 Å². The molecule has 0 aromatic rings. The molecule has 0 amide bonds. The number of likely N-dealkylation sites (tertiary alicyclic amines) is 1. The Labute approximate surface area is 153 Å². The number of likely N-dealkylation sites (N-methyl/N-ethyl adjacent to an activating group) is 1. The fraction of sp³-hybridized carbons (Fsp3) is 0.700. The van der Waals surface area contributed by atoms with Crippen LogP contribution in [0.4, 0.5) is 0 Å². The second-order valence-electron chi connectivity index (χ2n) is 7.09. The molecular formula is C20H36N4O. The second kappa shape index (κ2) is 11.3.